The molecular weight excluding hydrogens is 434 g/mol. The van der Waals surface area contributed by atoms with Gasteiger partial charge in [0.1, 0.15) is 5.82 Å². The molecular formula is C25H27N5O2S. The van der Waals surface area contributed by atoms with Crippen molar-refractivity contribution >= 4 is 10.0 Å². The van der Waals surface area contributed by atoms with Gasteiger partial charge in [0.05, 0.1) is 17.1 Å². The number of hydrogen-bond donors (Lipinski definition) is 1. The molecule has 7 nitrogen and oxygen atoms in total. The van der Waals surface area contributed by atoms with Crippen LogP contribution in [-0.4, -0.2) is 41.7 Å². The number of benzene rings is 3. The van der Waals surface area contributed by atoms with Crippen LogP contribution in [-0.2, 0) is 29.4 Å². The number of sulfonamides is 1. The molecule has 0 radical (unpaired) electrons. The van der Waals surface area contributed by atoms with Crippen molar-refractivity contribution in [3.8, 4) is 5.69 Å². The van der Waals surface area contributed by atoms with Crippen LogP contribution in [0.5, 0.6) is 0 Å². The quantitative estimate of drug-likeness (QED) is 0.413. The highest BCUT2D eigenvalue weighted by Gasteiger charge is 2.15. The lowest BCUT2D eigenvalue weighted by molar-refractivity contribution is 0.322. The zero-order chi connectivity index (χ0) is 23.3. The van der Waals surface area contributed by atoms with E-state index in [1.165, 1.54) is 17.7 Å². The third-order valence-corrected chi connectivity index (χ3v) is 6.30. The molecule has 4 aromatic rings. The molecule has 0 amide bonds. The average Bonchev–Trinajstić information content (AvgIpc) is 3.20. The number of hydrogen-bond acceptors (Lipinski definition) is 5. The zero-order valence-corrected chi connectivity index (χ0v) is 19.3. The van der Waals surface area contributed by atoms with E-state index in [4.69, 9.17) is 15.2 Å². The Balaban J connectivity index is 1.56. The molecule has 2 N–H and O–H groups in total. The molecule has 1 heterocycles. The van der Waals surface area contributed by atoms with Gasteiger partial charge >= 0.3 is 0 Å². The topological polar surface area (TPSA) is 94.1 Å². The maximum absolute atomic E-state index is 11.6. The highest BCUT2D eigenvalue weighted by Crippen LogP contribution is 2.17. The Kier molecular flexibility index (Phi) is 6.98. The van der Waals surface area contributed by atoms with Gasteiger partial charge in [-0.15, -0.1) is 5.10 Å². The van der Waals surface area contributed by atoms with Crippen molar-refractivity contribution in [3.63, 3.8) is 0 Å². The normalized spacial score (nSPS) is 11.7. The molecule has 0 unspecified atom stereocenters. The zero-order valence-electron chi connectivity index (χ0n) is 18.5. The molecule has 8 heteroatoms. The molecule has 0 spiro atoms. The molecule has 0 saturated heterocycles. The fraction of sp³-hybridized carbons (Fsp3) is 0.200. The number of rotatable bonds is 9. The molecule has 0 fully saturated rings. The fourth-order valence-corrected chi connectivity index (χ4v) is 4.14. The molecule has 0 saturated carbocycles. The average molecular weight is 462 g/mol. The molecule has 3 aromatic carbocycles. The lowest BCUT2D eigenvalue weighted by Crippen LogP contribution is -2.21. The molecule has 0 aliphatic heterocycles. The third kappa shape index (κ3) is 6.13. The lowest BCUT2D eigenvalue weighted by atomic mass is 10.1. The minimum absolute atomic E-state index is 0.0665. The number of primary sulfonamides is 1. The van der Waals surface area contributed by atoms with Crippen LogP contribution < -0.4 is 5.14 Å². The van der Waals surface area contributed by atoms with Crippen LogP contribution in [0.25, 0.3) is 5.69 Å². The minimum Gasteiger partial charge on any atom is -0.299 e. The smallest absolute Gasteiger partial charge is 0.238 e. The summed E-state index contributed by atoms with van der Waals surface area (Å²) in [7, 11) is -1.70. The van der Waals surface area contributed by atoms with Gasteiger partial charge in [0.15, 0.2) is 5.82 Å². The lowest BCUT2D eigenvalue weighted by Gasteiger charge is -2.14. The van der Waals surface area contributed by atoms with Crippen molar-refractivity contribution in [2.75, 3.05) is 13.6 Å². The Morgan fingerprint density at radius 3 is 2.09 bits per heavy atom. The van der Waals surface area contributed by atoms with Crippen LogP contribution in [0.15, 0.2) is 89.8 Å². The standard InChI is InChI=1S/C25H27N5O2S/c1-29(17-16-20-8-4-2-5-9-20)19-24-27-25(18-21-10-6-3-7-11-21)30(28-24)22-12-14-23(15-13-22)33(26,31)32/h2-15H,16-19H2,1H3,(H2,26,31,32). The van der Waals surface area contributed by atoms with Gasteiger partial charge in [0, 0.05) is 13.0 Å². The van der Waals surface area contributed by atoms with Gasteiger partial charge in [-0.25, -0.2) is 23.2 Å². The van der Waals surface area contributed by atoms with E-state index in [1.54, 1.807) is 16.8 Å². The van der Waals surface area contributed by atoms with Crippen LogP contribution in [0.3, 0.4) is 0 Å². The summed E-state index contributed by atoms with van der Waals surface area (Å²) in [5.74, 6) is 1.50. The Bertz CT molecular complexity index is 1290. The van der Waals surface area contributed by atoms with Crippen molar-refractivity contribution in [1.82, 2.24) is 19.7 Å². The summed E-state index contributed by atoms with van der Waals surface area (Å²) in [5.41, 5.74) is 3.15. The van der Waals surface area contributed by atoms with Crippen LogP contribution in [0, 0.1) is 0 Å². The number of aromatic nitrogens is 3. The molecule has 4 rings (SSSR count). The Hall–Kier alpha value is -3.33. The van der Waals surface area contributed by atoms with E-state index >= 15 is 0 Å². The third-order valence-electron chi connectivity index (χ3n) is 5.37. The van der Waals surface area contributed by atoms with Crippen molar-refractivity contribution in [2.24, 2.45) is 5.14 Å². The van der Waals surface area contributed by atoms with Crippen LogP contribution in [0.4, 0.5) is 0 Å². The molecule has 0 bridgehead atoms. The first-order valence-electron chi connectivity index (χ1n) is 10.7. The molecule has 0 aliphatic rings. The number of likely N-dealkylation sites (N-methyl/N-ethyl adjacent to an activating group) is 1. The minimum atomic E-state index is -3.75. The first-order chi connectivity index (χ1) is 15.9. The second-order valence-electron chi connectivity index (χ2n) is 8.03. The maximum Gasteiger partial charge on any atom is 0.238 e. The summed E-state index contributed by atoms with van der Waals surface area (Å²) in [4.78, 5) is 7.08. The Labute approximate surface area is 194 Å². The van der Waals surface area contributed by atoms with Gasteiger partial charge in [-0.3, -0.25) is 4.90 Å². The summed E-state index contributed by atoms with van der Waals surface area (Å²) >= 11 is 0. The van der Waals surface area contributed by atoms with Gasteiger partial charge in [0.25, 0.3) is 0 Å². The monoisotopic (exact) mass is 461 g/mol. The van der Waals surface area contributed by atoms with E-state index in [9.17, 15) is 8.42 Å². The van der Waals surface area contributed by atoms with E-state index in [-0.39, 0.29) is 4.90 Å². The van der Waals surface area contributed by atoms with Crippen LogP contribution in [0.1, 0.15) is 22.8 Å². The van der Waals surface area contributed by atoms with E-state index in [0.717, 1.165) is 30.0 Å². The predicted octanol–water partition coefficient (Wildman–Crippen LogP) is 3.18. The summed E-state index contributed by atoms with van der Waals surface area (Å²) in [6, 6.07) is 26.8. The fourth-order valence-electron chi connectivity index (χ4n) is 3.62. The van der Waals surface area contributed by atoms with Crippen molar-refractivity contribution in [3.05, 3.63) is 108 Å². The van der Waals surface area contributed by atoms with E-state index in [1.807, 2.05) is 24.3 Å². The van der Waals surface area contributed by atoms with Gasteiger partial charge < -0.3 is 0 Å². The Morgan fingerprint density at radius 2 is 1.48 bits per heavy atom. The highest BCUT2D eigenvalue weighted by molar-refractivity contribution is 7.89. The first-order valence-corrected chi connectivity index (χ1v) is 12.3. The largest absolute Gasteiger partial charge is 0.299 e. The summed E-state index contributed by atoms with van der Waals surface area (Å²) in [5, 5.41) is 9.99. The van der Waals surface area contributed by atoms with E-state index in [0.29, 0.717) is 18.8 Å². The van der Waals surface area contributed by atoms with Crippen LogP contribution in [0.2, 0.25) is 0 Å². The van der Waals surface area contributed by atoms with Crippen molar-refractivity contribution in [2.45, 2.75) is 24.3 Å². The molecule has 0 atom stereocenters. The van der Waals surface area contributed by atoms with Crippen LogP contribution >= 0.6 is 0 Å². The van der Waals surface area contributed by atoms with Crippen molar-refractivity contribution in [1.29, 1.82) is 0 Å². The first kappa shape index (κ1) is 22.8. The van der Waals surface area contributed by atoms with Gasteiger partial charge in [-0.2, -0.15) is 0 Å². The van der Waals surface area contributed by atoms with Crippen molar-refractivity contribution < 1.29 is 8.42 Å². The molecule has 1 aromatic heterocycles. The van der Waals surface area contributed by atoms with E-state index < -0.39 is 10.0 Å². The molecule has 0 aliphatic carbocycles. The summed E-state index contributed by atoms with van der Waals surface area (Å²) < 4.78 is 25.0. The molecule has 170 valence electrons. The summed E-state index contributed by atoms with van der Waals surface area (Å²) in [6.07, 6.45) is 1.56. The number of nitrogens with two attached hydrogens (primary N) is 1. The second kappa shape index (κ2) is 10.1. The second-order valence-corrected chi connectivity index (χ2v) is 9.59. The SMILES string of the molecule is CN(CCc1ccccc1)Cc1nc(Cc2ccccc2)n(-c2ccc(S(N)(=O)=O)cc2)n1. The maximum atomic E-state index is 11.6. The van der Waals surface area contributed by atoms with Gasteiger partial charge in [0.2, 0.25) is 10.0 Å². The molecule has 33 heavy (non-hydrogen) atoms. The predicted molar refractivity (Wildman–Crippen MR) is 128 cm³/mol. The number of nitrogens with zero attached hydrogens (tertiary/aromatic N) is 4. The highest BCUT2D eigenvalue weighted by atomic mass is 32.2. The van der Waals surface area contributed by atoms with E-state index in [2.05, 4.69) is 48.3 Å². The Morgan fingerprint density at radius 1 is 0.879 bits per heavy atom. The van der Waals surface area contributed by atoms with Gasteiger partial charge in [-0.1, -0.05) is 60.7 Å². The van der Waals surface area contributed by atoms with Gasteiger partial charge in [-0.05, 0) is 48.9 Å². The summed E-state index contributed by atoms with van der Waals surface area (Å²) in [6.45, 7) is 1.49.